The maximum absolute atomic E-state index is 13.1. The van der Waals surface area contributed by atoms with E-state index in [4.69, 9.17) is 9.47 Å². The van der Waals surface area contributed by atoms with Gasteiger partial charge in [-0.1, -0.05) is 24.3 Å². The fourth-order valence-corrected chi connectivity index (χ4v) is 5.31. The van der Waals surface area contributed by atoms with Crippen molar-refractivity contribution in [1.82, 2.24) is 9.80 Å². The standard InChI is InChI=1S/C28H25N3O5/c1-35-23-14-21-22(29-16-18-8-4-11-30(18)28(21)34)15-24(23)36-13-5-12-31-26(32)19-9-2-6-17-7-3-10-20(25(17)19)27(31)33/h2-3,6-7,9-10,14-16,18H,4-5,8,11-13H2,1H3. The molecule has 3 aromatic carbocycles. The third-order valence-electron chi connectivity index (χ3n) is 7.10. The van der Waals surface area contributed by atoms with E-state index < -0.39 is 0 Å². The van der Waals surface area contributed by atoms with E-state index in [1.54, 1.807) is 24.3 Å². The molecular weight excluding hydrogens is 458 g/mol. The summed E-state index contributed by atoms with van der Waals surface area (Å²) in [7, 11) is 1.53. The zero-order valence-electron chi connectivity index (χ0n) is 19.9. The van der Waals surface area contributed by atoms with Crippen molar-refractivity contribution < 1.29 is 23.9 Å². The van der Waals surface area contributed by atoms with E-state index in [1.807, 2.05) is 35.4 Å². The molecule has 3 amide bonds. The largest absolute Gasteiger partial charge is 0.493 e. The van der Waals surface area contributed by atoms with Crippen LogP contribution in [0.2, 0.25) is 0 Å². The van der Waals surface area contributed by atoms with Gasteiger partial charge >= 0.3 is 0 Å². The molecule has 1 saturated heterocycles. The summed E-state index contributed by atoms with van der Waals surface area (Å²) in [6.07, 6.45) is 4.16. The SMILES string of the molecule is COc1cc2c(cc1OCCCN1C(=O)c3cccc4cccc(c34)C1=O)N=CC1CCCN1C2=O. The Balaban J connectivity index is 1.17. The maximum atomic E-state index is 13.1. The lowest BCUT2D eigenvalue weighted by Crippen LogP contribution is -2.41. The lowest BCUT2D eigenvalue weighted by molar-refractivity contribution is 0.0602. The number of ether oxygens (including phenoxy) is 2. The summed E-state index contributed by atoms with van der Waals surface area (Å²) in [6, 6.07) is 14.4. The number of carbonyl (C=O) groups is 3. The number of hydrogen-bond donors (Lipinski definition) is 0. The summed E-state index contributed by atoms with van der Waals surface area (Å²) in [4.78, 5) is 46.9. The number of nitrogens with zero attached hydrogens (tertiary/aromatic N) is 3. The predicted octanol–water partition coefficient (Wildman–Crippen LogP) is 4.23. The van der Waals surface area contributed by atoms with E-state index >= 15 is 0 Å². The van der Waals surface area contributed by atoms with Crippen molar-refractivity contribution in [1.29, 1.82) is 0 Å². The molecule has 0 bridgehead atoms. The minimum absolute atomic E-state index is 0.0239. The van der Waals surface area contributed by atoms with Crippen molar-refractivity contribution >= 4 is 40.4 Å². The van der Waals surface area contributed by atoms with Crippen LogP contribution in [0, 0.1) is 0 Å². The van der Waals surface area contributed by atoms with E-state index in [0.29, 0.717) is 45.7 Å². The Morgan fingerprint density at radius 2 is 1.69 bits per heavy atom. The quantitative estimate of drug-likeness (QED) is 0.387. The first-order chi connectivity index (χ1) is 17.6. The normalized spacial score (nSPS) is 18.4. The highest BCUT2D eigenvalue weighted by atomic mass is 16.5. The number of imide groups is 1. The van der Waals surface area contributed by atoms with Crippen molar-refractivity contribution in [2.24, 2.45) is 4.99 Å². The molecule has 36 heavy (non-hydrogen) atoms. The Morgan fingerprint density at radius 3 is 2.42 bits per heavy atom. The number of rotatable bonds is 6. The number of methoxy groups -OCH3 is 1. The van der Waals surface area contributed by atoms with Gasteiger partial charge in [0, 0.05) is 41.9 Å². The third kappa shape index (κ3) is 3.52. The van der Waals surface area contributed by atoms with E-state index in [2.05, 4.69) is 4.99 Å². The van der Waals surface area contributed by atoms with Gasteiger partial charge in [0.05, 0.1) is 31.0 Å². The maximum Gasteiger partial charge on any atom is 0.261 e. The van der Waals surface area contributed by atoms with Crippen molar-refractivity contribution in [3.05, 3.63) is 65.2 Å². The molecule has 0 radical (unpaired) electrons. The van der Waals surface area contributed by atoms with Crippen LogP contribution in [0.5, 0.6) is 11.5 Å². The molecule has 0 spiro atoms. The Kier molecular flexibility index (Phi) is 5.44. The van der Waals surface area contributed by atoms with Crippen LogP contribution >= 0.6 is 0 Å². The van der Waals surface area contributed by atoms with Crippen molar-refractivity contribution in [2.75, 3.05) is 26.8 Å². The molecule has 3 aliphatic rings. The number of aliphatic imine (C=N–C) groups is 1. The van der Waals surface area contributed by atoms with Gasteiger partial charge in [-0.05, 0) is 42.8 Å². The summed E-state index contributed by atoms with van der Waals surface area (Å²) in [5, 5.41) is 1.60. The minimum atomic E-state index is -0.291. The van der Waals surface area contributed by atoms with Crippen LogP contribution in [0.1, 0.15) is 50.3 Å². The molecule has 0 N–H and O–H groups in total. The van der Waals surface area contributed by atoms with Crippen LogP contribution in [-0.4, -0.2) is 66.6 Å². The number of fused-ring (bicyclic) bond motifs is 2. The summed E-state index contributed by atoms with van der Waals surface area (Å²) in [6.45, 7) is 1.20. The van der Waals surface area contributed by atoms with Crippen LogP contribution in [0.15, 0.2) is 53.5 Å². The van der Waals surface area contributed by atoms with E-state index in [9.17, 15) is 14.4 Å². The molecule has 6 rings (SSSR count). The first kappa shape index (κ1) is 22.3. The summed E-state index contributed by atoms with van der Waals surface area (Å²) < 4.78 is 11.5. The zero-order chi connectivity index (χ0) is 24.8. The van der Waals surface area contributed by atoms with Crippen LogP contribution in [0.25, 0.3) is 10.8 Å². The number of benzene rings is 3. The van der Waals surface area contributed by atoms with Crippen molar-refractivity contribution in [3.8, 4) is 11.5 Å². The molecule has 0 aromatic heterocycles. The average molecular weight is 484 g/mol. The molecule has 182 valence electrons. The molecule has 8 heteroatoms. The average Bonchev–Trinajstić information content (AvgIpc) is 3.33. The predicted molar refractivity (Wildman–Crippen MR) is 135 cm³/mol. The topological polar surface area (TPSA) is 88.5 Å². The first-order valence-electron chi connectivity index (χ1n) is 12.1. The smallest absolute Gasteiger partial charge is 0.261 e. The molecule has 3 aromatic rings. The molecular formula is C28H25N3O5. The highest BCUT2D eigenvalue weighted by molar-refractivity contribution is 6.25. The van der Waals surface area contributed by atoms with E-state index in [-0.39, 0.29) is 36.9 Å². The molecule has 1 fully saturated rings. The van der Waals surface area contributed by atoms with Crippen LogP contribution in [-0.2, 0) is 0 Å². The lowest BCUT2D eigenvalue weighted by Gasteiger charge is -2.27. The fraction of sp³-hybridized carbons (Fsp3) is 0.286. The zero-order valence-corrected chi connectivity index (χ0v) is 19.9. The van der Waals surface area contributed by atoms with E-state index in [0.717, 1.165) is 24.8 Å². The van der Waals surface area contributed by atoms with Gasteiger partial charge < -0.3 is 14.4 Å². The molecule has 3 aliphatic heterocycles. The Labute approximate surface area is 208 Å². The molecule has 3 heterocycles. The number of carbonyl (C=O) groups excluding carboxylic acids is 3. The van der Waals surface area contributed by atoms with Gasteiger partial charge in [0.15, 0.2) is 11.5 Å². The van der Waals surface area contributed by atoms with Gasteiger partial charge in [0.25, 0.3) is 17.7 Å². The molecule has 1 atom stereocenters. The lowest BCUT2D eigenvalue weighted by atomic mass is 9.94. The third-order valence-corrected chi connectivity index (χ3v) is 7.10. The van der Waals surface area contributed by atoms with Crippen molar-refractivity contribution in [3.63, 3.8) is 0 Å². The Morgan fingerprint density at radius 1 is 0.944 bits per heavy atom. The highest BCUT2D eigenvalue weighted by Gasteiger charge is 2.33. The summed E-state index contributed by atoms with van der Waals surface area (Å²) in [5.74, 6) is 0.281. The second-order valence-corrected chi connectivity index (χ2v) is 9.18. The van der Waals surface area contributed by atoms with Gasteiger partial charge in [-0.2, -0.15) is 0 Å². The second-order valence-electron chi connectivity index (χ2n) is 9.18. The summed E-state index contributed by atoms with van der Waals surface area (Å²) >= 11 is 0. The van der Waals surface area contributed by atoms with Gasteiger partial charge in [0.1, 0.15) is 0 Å². The number of amides is 3. The molecule has 8 nitrogen and oxygen atoms in total. The van der Waals surface area contributed by atoms with Gasteiger partial charge in [-0.15, -0.1) is 0 Å². The molecule has 1 unspecified atom stereocenters. The van der Waals surface area contributed by atoms with Crippen LogP contribution < -0.4 is 9.47 Å². The van der Waals surface area contributed by atoms with Crippen LogP contribution in [0.3, 0.4) is 0 Å². The Bertz CT molecular complexity index is 1400. The van der Waals surface area contributed by atoms with Gasteiger partial charge in [-0.3, -0.25) is 24.3 Å². The van der Waals surface area contributed by atoms with E-state index in [1.165, 1.54) is 12.0 Å². The first-order valence-corrected chi connectivity index (χ1v) is 12.1. The van der Waals surface area contributed by atoms with Crippen molar-refractivity contribution in [2.45, 2.75) is 25.3 Å². The van der Waals surface area contributed by atoms with Gasteiger partial charge in [0.2, 0.25) is 0 Å². The molecule has 0 saturated carbocycles. The Hall–Kier alpha value is -4.20. The molecule has 0 aliphatic carbocycles. The monoisotopic (exact) mass is 483 g/mol. The number of hydrogen-bond acceptors (Lipinski definition) is 6. The second kappa shape index (κ2) is 8.78. The van der Waals surface area contributed by atoms with Crippen LogP contribution in [0.4, 0.5) is 5.69 Å². The fourth-order valence-electron chi connectivity index (χ4n) is 5.31. The summed E-state index contributed by atoms with van der Waals surface area (Å²) in [5.41, 5.74) is 2.13. The highest BCUT2D eigenvalue weighted by Crippen LogP contribution is 2.38. The minimum Gasteiger partial charge on any atom is -0.493 e. The van der Waals surface area contributed by atoms with Gasteiger partial charge in [-0.25, -0.2) is 0 Å².